The van der Waals surface area contributed by atoms with Crippen LogP contribution in [0.3, 0.4) is 0 Å². The van der Waals surface area contributed by atoms with Crippen molar-refractivity contribution in [1.82, 2.24) is 0 Å². The minimum Gasteiger partial charge on any atom is -0.496 e. The first-order valence-electron chi connectivity index (χ1n) is 5.74. The molecule has 0 aliphatic heterocycles. The molecule has 0 saturated heterocycles. The normalized spacial score (nSPS) is 11.4. The first kappa shape index (κ1) is 15.8. The Kier molecular flexibility index (Phi) is 5.66. The summed E-state index contributed by atoms with van der Waals surface area (Å²) >= 11 is 5.49. The molecular weight excluding hydrogens is 281 g/mol. The Hall–Kier alpha value is -1.23. The number of benzene rings is 1. The molecule has 6 heteroatoms. The fraction of sp³-hybridized carbons (Fsp3) is 0.462. The molecule has 0 amide bonds. The average Bonchev–Trinajstić information content (AvgIpc) is 2.37. The van der Waals surface area contributed by atoms with Gasteiger partial charge in [-0.3, -0.25) is 4.79 Å². The third-order valence-corrected chi connectivity index (χ3v) is 2.88. The van der Waals surface area contributed by atoms with E-state index in [1.165, 1.54) is 7.11 Å². The number of hydrogen-bond donors (Lipinski definition) is 0. The van der Waals surface area contributed by atoms with Gasteiger partial charge in [-0.05, 0) is 31.0 Å². The maximum absolute atomic E-state index is 12.6. The zero-order chi connectivity index (χ0) is 14.5. The van der Waals surface area contributed by atoms with Crippen molar-refractivity contribution in [2.24, 2.45) is 0 Å². The second-order valence-electron chi connectivity index (χ2n) is 3.98. The smallest absolute Gasteiger partial charge is 0.416 e. The number of carbonyl (C=O) groups excluding carboxylic acids is 1. The quantitative estimate of drug-likeness (QED) is 0.444. The van der Waals surface area contributed by atoms with E-state index >= 15 is 0 Å². The Bertz CT molecular complexity index is 444. The molecular formula is C13H14ClF3O2. The van der Waals surface area contributed by atoms with Gasteiger partial charge < -0.3 is 4.74 Å². The number of hydrogen-bond acceptors (Lipinski definition) is 2. The third kappa shape index (κ3) is 4.42. The molecule has 0 heterocycles. The van der Waals surface area contributed by atoms with E-state index in [0.717, 1.165) is 18.2 Å². The van der Waals surface area contributed by atoms with Gasteiger partial charge in [0.25, 0.3) is 0 Å². The summed E-state index contributed by atoms with van der Waals surface area (Å²) in [6, 6.07) is 2.90. The summed E-state index contributed by atoms with van der Waals surface area (Å²) in [5, 5.41) is 0. The molecule has 0 fully saturated rings. The summed E-state index contributed by atoms with van der Waals surface area (Å²) < 4.78 is 42.7. The number of alkyl halides is 4. The van der Waals surface area contributed by atoms with E-state index < -0.39 is 11.7 Å². The van der Waals surface area contributed by atoms with Crippen molar-refractivity contribution in [3.63, 3.8) is 0 Å². The topological polar surface area (TPSA) is 26.3 Å². The van der Waals surface area contributed by atoms with Gasteiger partial charge >= 0.3 is 6.18 Å². The van der Waals surface area contributed by atoms with Gasteiger partial charge in [0.1, 0.15) is 5.75 Å². The zero-order valence-electron chi connectivity index (χ0n) is 10.4. The largest absolute Gasteiger partial charge is 0.496 e. The van der Waals surface area contributed by atoms with Gasteiger partial charge in [-0.25, -0.2) is 0 Å². The van der Waals surface area contributed by atoms with E-state index in [9.17, 15) is 18.0 Å². The van der Waals surface area contributed by atoms with Crippen molar-refractivity contribution < 1.29 is 22.7 Å². The van der Waals surface area contributed by atoms with Crippen LogP contribution in [0, 0.1) is 0 Å². The van der Waals surface area contributed by atoms with Crippen molar-refractivity contribution in [3.8, 4) is 5.75 Å². The molecule has 0 bridgehead atoms. The lowest BCUT2D eigenvalue weighted by atomic mass is 10.0. The molecule has 0 aromatic heterocycles. The highest BCUT2D eigenvalue weighted by Crippen LogP contribution is 2.33. The summed E-state index contributed by atoms with van der Waals surface area (Å²) in [5.41, 5.74) is -0.888. The number of methoxy groups -OCH3 is 1. The molecule has 19 heavy (non-hydrogen) atoms. The van der Waals surface area contributed by atoms with Crippen LogP contribution >= 0.6 is 11.6 Å². The molecule has 1 aromatic rings. The average molecular weight is 295 g/mol. The van der Waals surface area contributed by atoms with Crippen molar-refractivity contribution >= 4 is 17.4 Å². The lowest BCUT2D eigenvalue weighted by Crippen LogP contribution is -2.09. The van der Waals surface area contributed by atoms with E-state index in [4.69, 9.17) is 16.3 Å². The summed E-state index contributed by atoms with van der Waals surface area (Å²) in [6.07, 6.45) is -3.13. The molecule has 0 N–H and O–H groups in total. The zero-order valence-corrected chi connectivity index (χ0v) is 11.1. The van der Waals surface area contributed by atoms with Gasteiger partial charge in [0.15, 0.2) is 5.78 Å². The molecule has 2 nitrogen and oxygen atoms in total. The molecule has 0 unspecified atom stereocenters. The van der Waals surface area contributed by atoms with Gasteiger partial charge in [0, 0.05) is 12.3 Å². The second kappa shape index (κ2) is 6.80. The fourth-order valence-electron chi connectivity index (χ4n) is 1.62. The molecule has 0 saturated carbocycles. The third-order valence-electron chi connectivity index (χ3n) is 2.61. The lowest BCUT2D eigenvalue weighted by Gasteiger charge is -2.12. The maximum Gasteiger partial charge on any atom is 0.416 e. The molecule has 0 aliphatic carbocycles. The van der Waals surface area contributed by atoms with E-state index in [1.54, 1.807) is 0 Å². The van der Waals surface area contributed by atoms with Crippen LogP contribution in [0.1, 0.15) is 35.2 Å². The fourth-order valence-corrected chi connectivity index (χ4v) is 1.81. The second-order valence-corrected chi connectivity index (χ2v) is 4.36. The van der Waals surface area contributed by atoms with Crippen LogP contribution in [0.4, 0.5) is 13.2 Å². The minimum atomic E-state index is -4.47. The molecule has 0 atom stereocenters. The first-order chi connectivity index (χ1) is 8.90. The molecule has 0 aliphatic rings. The Morgan fingerprint density at radius 3 is 2.53 bits per heavy atom. The van der Waals surface area contributed by atoms with Crippen LogP contribution in [0.15, 0.2) is 18.2 Å². The molecule has 106 valence electrons. The summed E-state index contributed by atoms with van der Waals surface area (Å²) in [7, 11) is 1.32. The number of unbranched alkanes of at least 4 members (excludes halogenated alkanes) is 1. The number of rotatable bonds is 6. The Labute approximate surface area is 114 Å². The van der Waals surface area contributed by atoms with Crippen molar-refractivity contribution in [2.45, 2.75) is 25.4 Å². The number of ether oxygens (including phenoxy) is 1. The first-order valence-corrected chi connectivity index (χ1v) is 6.28. The predicted molar refractivity (Wildman–Crippen MR) is 66.9 cm³/mol. The predicted octanol–water partition coefficient (Wildman–Crippen LogP) is 4.31. The molecule has 1 rings (SSSR count). The molecule has 0 spiro atoms. The van der Waals surface area contributed by atoms with Gasteiger partial charge in [0.2, 0.25) is 0 Å². The van der Waals surface area contributed by atoms with Gasteiger partial charge in [-0.2, -0.15) is 13.2 Å². The molecule has 1 aromatic carbocycles. The summed E-state index contributed by atoms with van der Waals surface area (Å²) in [6.45, 7) is 0. The van der Waals surface area contributed by atoms with E-state index in [-0.39, 0.29) is 23.5 Å². The monoisotopic (exact) mass is 294 g/mol. The van der Waals surface area contributed by atoms with Crippen LogP contribution < -0.4 is 4.74 Å². The summed E-state index contributed by atoms with van der Waals surface area (Å²) in [5.74, 6) is 0.212. The number of Topliss-reactive ketones (excluding diaryl/α,β-unsaturated/α-hetero) is 1. The Balaban J connectivity index is 2.99. The van der Waals surface area contributed by atoms with Crippen LogP contribution in [0.2, 0.25) is 0 Å². The van der Waals surface area contributed by atoms with Crippen molar-refractivity contribution in [2.75, 3.05) is 13.0 Å². The highest BCUT2D eigenvalue weighted by Gasteiger charge is 2.31. The van der Waals surface area contributed by atoms with Crippen LogP contribution in [0.25, 0.3) is 0 Å². The van der Waals surface area contributed by atoms with E-state index in [2.05, 4.69) is 0 Å². The van der Waals surface area contributed by atoms with Crippen LogP contribution in [-0.4, -0.2) is 18.8 Å². The van der Waals surface area contributed by atoms with Crippen LogP contribution in [-0.2, 0) is 6.18 Å². The SMILES string of the molecule is COc1ccc(C(F)(F)F)cc1C(=O)CCCCCl. The summed E-state index contributed by atoms with van der Waals surface area (Å²) in [4.78, 5) is 11.9. The van der Waals surface area contributed by atoms with Crippen LogP contribution in [0.5, 0.6) is 5.75 Å². The van der Waals surface area contributed by atoms with Gasteiger partial charge in [-0.15, -0.1) is 11.6 Å². The Morgan fingerprint density at radius 2 is 2.00 bits per heavy atom. The Morgan fingerprint density at radius 1 is 1.32 bits per heavy atom. The number of ketones is 1. The van der Waals surface area contributed by atoms with E-state index in [1.807, 2.05) is 0 Å². The van der Waals surface area contributed by atoms with E-state index in [0.29, 0.717) is 18.7 Å². The number of carbonyl (C=O) groups is 1. The highest BCUT2D eigenvalue weighted by atomic mass is 35.5. The molecule has 0 radical (unpaired) electrons. The lowest BCUT2D eigenvalue weighted by molar-refractivity contribution is -0.137. The number of halogens is 4. The highest BCUT2D eigenvalue weighted by molar-refractivity contribution is 6.17. The van der Waals surface area contributed by atoms with Gasteiger partial charge in [-0.1, -0.05) is 0 Å². The maximum atomic E-state index is 12.6. The van der Waals surface area contributed by atoms with Gasteiger partial charge in [0.05, 0.1) is 18.2 Å². The van der Waals surface area contributed by atoms with Crippen molar-refractivity contribution in [1.29, 1.82) is 0 Å². The minimum absolute atomic E-state index is 0.0353. The van der Waals surface area contributed by atoms with Crippen molar-refractivity contribution in [3.05, 3.63) is 29.3 Å². The standard InChI is InChI=1S/C13H14ClF3O2/c1-19-12-6-5-9(13(15,16)17)8-10(12)11(18)4-2-3-7-14/h5-6,8H,2-4,7H2,1H3.